The molecule has 0 aliphatic carbocycles. The number of halogens is 1. The normalized spacial score (nSPS) is 18.1. The van der Waals surface area contributed by atoms with E-state index in [0.29, 0.717) is 19.0 Å². The van der Waals surface area contributed by atoms with Gasteiger partial charge in [-0.2, -0.15) is 0 Å². The Labute approximate surface area is 114 Å². The number of hydrogen-bond acceptors (Lipinski definition) is 4. The summed E-state index contributed by atoms with van der Waals surface area (Å²) in [4.78, 5) is 15.5. The molecule has 1 aliphatic heterocycles. The Bertz CT molecular complexity index is 245. The number of nitrogens with one attached hydrogen (secondary N) is 3. The molecule has 1 heterocycles. The van der Waals surface area contributed by atoms with E-state index in [2.05, 4.69) is 27.9 Å². The number of nitrogens with zero attached hydrogens (tertiary/aromatic N) is 1. The van der Waals surface area contributed by atoms with Crippen LogP contribution in [0.1, 0.15) is 26.7 Å². The van der Waals surface area contributed by atoms with E-state index in [9.17, 15) is 4.79 Å². The van der Waals surface area contributed by atoms with E-state index in [-0.39, 0.29) is 29.9 Å². The van der Waals surface area contributed by atoms with Crippen LogP contribution in [0.3, 0.4) is 0 Å². The van der Waals surface area contributed by atoms with Gasteiger partial charge in [0.05, 0.1) is 6.54 Å². The number of rotatable bonds is 5. The summed E-state index contributed by atoms with van der Waals surface area (Å²) in [5.41, 5.74) is 0. The maximum absolute atomic E-state index is 11.2. The summed E-state index contributed by atoms with van der Waals surface area (Å²) in [6.07, 6.45) is 1.47. The minimum absolute atomic E-state index is 0. The molecule has 1 aliphatic rings. The van der Waals surface area contributed by atoms with Crippen molar-refractivity contribution in [3.63, 3.8) is 0 Å². The van der Waals surface area contributed by atoms with E-state index < -0.39 is 0 Å². The third-order valence-electron chi connectivity index (χ3n) is 2.12. The van der Waals surface area contributed by atoms with Crippen molar-refractivity contribution in [3.05, 3.63) is 0 Å². The van der Waals surface area contributed by atoms with Gasteiger partial charge in [0.15, 0.2) is 5.96 Å². The van der Waals surface area contributed by atoms with Gasteiger partial charge in [-0.05, 0) is 13.3 Å². The molecule has 6 heteroatoms. The van der Waals surface area contributed by atoms with Gasteiger partial charge in [-0.15, -0.1) is 24.0 Å². The largest absolute Gasteiger partial charge is 0.356 e. The highest BCUT2D eigenvalue weighted by Crippen LogP contribution is 1.91. The summed E-state index contributed by atoms with van der Waals surface area (Å²) < 4.78 is 0. The first-order valence-electron chi connectivity index (χ1n) is 5.54. The average molecular weight is 340 g/mol. The lowest BCUT2D eigenvalue weighted by Gasteiger charge is -2.08. The fraction of sp³-hybridized carbons (Fsp3) is 0.800. The Hall–Kier alpha value is -0.530. The molecule has 0 saturated carbocycles. The second-order valence-electron chi connectivity index (χ2n) is 3.76. The highest BCUT2D eigenvalue weighted by Gasteiger charge is 2.11. The van der Waals surface area contributed by atoms with E-state index in [0.717, 1.165) is 25.5 Å². The Kier molecular flexibility index (Phi) is 8.32. The lowest BCUT2D eigenvalue weighted by Crippen LogP contribution is -2.39. The summed E-state index contributed by atoms with van der Waals surface area (Å²) in [7, 11) is 0. The van der Waals surface area contributed by atoms with Crippen LogP contribution < -0.4 is 16.0 Å². The number of hydrogen-bond donors (Lipinski definition) is 3. The standard InChI is InChI=1S/C10H20N4O.HI/c1-3-5-11-9(15)4-6-12-10-13-7-8(2)14-10;/h8H,3-7H2,1-2H3,(H,11,15)(H2,12,13,14);1H. The predicted octanol–water partition coefficient (Wildman–Crippen LogP) is 0.458. The molecule has 1 unspecified atom stereocenters. The minimum Gasteiger partial charge on any atom is -0.356 e. The molecule has 1 rings (SSSR count). The number of carbonyl (C=O) groups excluding carboxylic acids is 1. The lowest BCUT2D eigenvalue weighted by atomic mass is 10.3. The van der Waals surface area contributed by atoms with Crippen molar-refractivity contribution in [3.8, 4) is 0 Å². The molecule has 3 N–H and O–H groups in total. The second-order valence-corrected chi connectivity index (χ2v) is 3.76. The van der Waals surface area contributed by atoms with Crippen molar-refractivity contribution in [2.24, 2.45) is 4.99 Å². The average Bonchev–Trinajstić information content (AvgIpc) is 2.61. The molecule has 0 aromatic rings. The Morgan fingerprint density at radius 2 is 2.31 bits per heavy atom. The molecule has 0 aromatic carbocycles. The second kappa shape index (κ2) is 8.60. The molecular weight excluding hydrogens is 319 g/mol. The summed E-state index contributed by atoms with van der Waals surface area (Å²) in [6, 6.07) is 0.404. The lowest BCUT2D eigenvalue weighted by molar-refractivity contribution is -0.120. The maximum atomic E-state index is 11.2. The molecule has 0 radical (unpaired) electrons. The van der Waals surface area contributed by atoms with Gasteiger partial charge in [0.25, 0.3) is 0 Å². The zero-order chi connectivity index (χ0) is 11.1. The molecule has 0 bridgehead atoms. The SMILES string of the molecule is CCCNC(=O)CCNC1=NCC(C)N1.I. The minimum atomic E-state index is 0. The monoisotopic (exact) mass is 340 g/mol. The van der Waals surface area contributed by atoms with Crippen LogP contribution in [0.5, 0.6) is 0 Å². The van der Waals surface area contributed by atoms with Crippen LogP contribution in [0.25, 0.3) is 0 Å². The third kappa shape index (κ3) is 6.14. The van der Waals surface area contributed by atoms with E-state index in [1.807, 2.05) is 6.92 Å². The number of aliphatic imine (C=N–C) groups is 1. The zero-order valence-corrected chi connectivity index (χ0v) is 12.2. The Balaban J connectivity index is 0.00000225. The zero-order valence-electron chi connectivity index (χ0n) is 9.88. The van der Waals surface area contributed by atoms with Gasteiger partial charge in [0, 0.05) is 25.6 Å². The predicted molar refractivity (Wildman–Crippen MR) is 76.2 cm³/mol. The van der Waals surface area contributed by atoms with E-state index in [4.69, 9.17) is 0 Å². The van der Waals surface area contributed by atoms with Crippen molar-refractivity contribution in [2.75, 3.05) is 19.6 Å². The van der Waals surface area contributed by atoms with Gasteiger partial charge in [0.1, 0.15) is 0 Å². The van der Waals surface area contributed by atoms with Crippen LogP contribution in [0.4, 0.5) is 0 Å². The van der Waals surface area contributed by atoms with Crippen molar-refractivity contribution in [2.45, 2.75) is 32.7 Å². The first-order chi connectivity index (χ1) is 7.22. The number of amides is 1. The highest BCUT2D eigenvalue weighted by molar-refractivity contribution is 14.0. The van der Waals surface area contributed by atoms with Gasteiger partial charge in [-0.3, -0.25) is 9.79 Å². The molecular formula is C10H21IN4O. The van der Waals surface area contributed by atoms with Gasteiger partial charge in [-0.25, -0.2) is 0 Å². The van der Waals surface area contributed by atoms with Crippen molar-refractivity contribution >= 4 is 35.8 Å². The van der Waals surface area contributed by atoms with Crippen LogP contribution in [0, 0.1) is 0 Å². The van der Waals surface area contributed by atoms with E-state index in [1.165, 1.54) is 0 Å². The number of carbonyl (C=O) groups is 1. The summed E-state index contributed by atoms with van der Waals surface area (Å²) in [6.45, 7) is 6.32. The van der Waals surface area contributed by atoms with Crippen molar-refractivity contribution < 1.29 is 4.79 Å². The summed E-state index contributed by atoms with van der Waals surface area (Å²) in [5, 5.41) is 9.10. The van der Waals surface area contributed by atoms with Crippen LogP contribution >= 0.6 is 24.0 Å². The molecule has 94 valence electrons. The van der Waals surface area contributed by atoms with Gasteiger partial charge in [-0.1, -0.05) is 6.92 Å². The summed E-state index contributed by atoms with van der Waals surface area (Å²) >= 11 is 0. The summed E-state index contributed by atoms with van der Waals surface area (Å²) in [5.74, 6) is 0.904. The molecule has 5 nitrogen and oxygen atoms in total. The van der Waals surface area contributed by atoms with E-state index in [1.54, 1.807) is 0 Å². The van der Waals surface area contributed by atoms with Gasteiger partial charge >= 0.3 is 0 Å². The van der Waals surface area contributed by atoms with Gasteiger partial charge in [0.2, 0.25) is 5.91 Å². The topological polar surface area (TPSA) is 65.5 Å². The van der Waals surface area contributed by atoms with Crippen LogP contribution in [-0.2, 0) is 4.79 Å². The van der Waals surface area contributed by atoms with Crippen molar-refractivity contribution in [1.29, 1.82) is 0 Å². The molecule has 1 atom stereocenters. The Morgan fingerprint density at radius 1 is 1.56 bits per heavy atom. The fourth-order valence-corrected chi connectivity index (χ4v) is 1.31. The third-order valence-corrected chi connectivity index (χ3v) is 2.12. The smallest absolute Gasteiger partial charge is 0.221 e. The van der Waals surface area contributed by atoms with Crippen LogP contribution in [-0.4, -0.2) is 37.5 Å². The molecule has 0 saturated heterocycles. The quantitative estimate of drug-likeness (QED) is 0.637. The van der Waals surface area contributed by atoms with Crippen molar-refractivity contribution in [1.82, 2.24) is 16.0 Å². The maximum Gasteiger partial charge on any atom is 0.221 e. The fourth-order valence-electron chi connectivity index (χ4n) is 1.31. The number of guanidine groups is 1. The molecule has 0 fully saturated rings. The van der Waals surface area contributed by atoms with Crippen LogP contribution in [0.2, 0.25) is 0 Å². The first kappa shape index (κ1) is 15.5. The Morgan fingerprint density at radius 3 is 2.88 bits per heavy atom. The molecule has 0 spiro atoms. The van der Waals surface area contributed by atoms with Crippen LogP contribution in [0.15, 0.2) is 4.99 Å². The molecule has 0 aromatic heterocycles. The van der Waals surface area contributed by atoms with E-state index >= 15 is 0 Å². The van der Waals surface area contributed by atoms with Gasteiger partial charge < -0.3 is 16.0 Å². The highest BCUT2D eigenvalue weighted by atomic mass is 127. The molecule has 16 heavy (non-hydrogen) atoms. The molecule has 1 amide bonds. The first-order valence-corrected chi connectivity index (χ1v) is 5.54.